The molecule has 3 rings (SSSR count). The molecule has 7 heteroatoms. The summed E-state index contributed by atoms with van der Waals surface area (Å²) >= 11 is 0. The average Bonchev–Trinajstić information content (AvgIpc) is 3.21. The second-order valence-electron chi connectivity index (χ2n) is 6.45. The van der Waals surface area contributed by atoms with Crippen molar-refractivity contribution in [2.24, 2.45) is 0 Å². The maximum Gasteiger partial charge on any atom is 0.262 e. The Hall–Kier alpha value is -1.47. The molecule has 1 aromatic heterocycles. The van der Waals surface area contributed by atoms with Crippen LogP contribution >= 0.6 is 0 Å². The lowest BCUT2D eigenvalue weighted by Crippen LogP contribution is -2.44. The molecular formula is C16H23F2N3O2. The number of amides is 1. The topological polar surface area (TPSA) is 57.5 Å². The number of rotatable bonds is 5. The third-order valence-electron chi connectivity index (χ3n) is 4.57. The molecule has 1 aromatic rings. The number of carbonyl (C=O) groups excluding carboxylic acids is 1. The molecule has 0 radical (unpaired) electrons. The van der Waals surface area contributed by atoms with Crippen molar-refractivity contribution < 1.29 is 18.0 Å². The molecule has 2 saturated heterocycles. The van der Waals surface area contributed by atoms with E-state index in [1.54, 1.807) is 0 Å². The molecule has 128 valence electrons. The zero-order chi connectivity index (χ0) is 16.4. The van der Waals surface area contributed by atoms with Gasteiger partial charge in [-0.05, 0) is 45.0 Å². The number of halogens is 2. The van der Waals surface area contributed by atoms with Crippen molar-refractivity contribution in [3.63, 3.8) is 0 Å². The second kappa shape index (κ2) is 6.57. The van der Waals surface area contributed by atoms with Crippen LogP contribution in [0.3, 0.4) is 0 Å². The number of furan rings is 1. The molecule has 0 aromatic carbocycles. The highest BCUT2D eigenvalue weighted by Crippen LogP contribution is 2.27. The van der Waals surface area contributed by atoms with Crippen molar-refractivity contribution in [3.05, 3.63) is 23.7 Å². The van der Waals surface area contributed by atoms with Gasteiger partial charge in [0.15, 0.2) is 0 Å². The van der Waals surface area contributed by atoms with Gasteiger partial charge in [0.2, 0.25) is 5.91 Å². The minimum Gasteiger partial charge on any atom is -0.465 e. The van der Waals surface area contributed by atoms with Gasteiger partial charge >= 0.3 is 0 Å². The molecule has 0 saturated carbocycles. The summed E-state index contributed by atoms with van der Waals surface area (Å²) in [7, 11) is 0. The minimum atomic E-state index is -2.80. The molecule has 2 atom stereocenters. The smallest absolute Gasteiger partial charge is 0.262 e. The lowest BCUT2D eigenvalue weighted by molar-refractivity contribution is -0.123. The Morgan fingerprint density at radius 1 is 1.48 bits per heavy atom. The standard InChI is InChI=1S/C16H23F2N3O2/c1-11-4-5-14(23-11)13(21-6-2-3-7-21)9-19-15(22)12-8-16(17,18)10-20-12/h4-5,12-13,20H,2-3,6-10H2,1H3,(H,19,22). The van der Waals surface area contributed by atoms with Crippen LogP contribution in [0.1, 0.15) is 36.8 Å². The van der Waals surface area contributed by atoms with Crippen LogP contribution in [0, 0.1) is 6.92 Å². The van der Waals surface area contributed by atoms with Gasteiger partial charge in [0.1, 0.15) is 11.5 Å². The van der Waals surface area contributed by atoms with Gasteiger partial charge in [0, 0.05) is 13.0 Å². The third-order valence-corrected chi connectivity index (χ3v) is 4.57. The molecule has 2 fully saturated rings. The first kappa shape index (κ1) is 16.4. The van der Waals surface area contributed by atoms with E-state index in [-0.39, 0.29) is 11.9 Å². The Labute approximate surface area is 134 Å². The summed E-state index contributed by atoms with van der Waals surface area (Å²) in [5.41, 5.74) is 0. The molecule has 3 heterocycles. The average molecular weight is 327 g/mol. The van der Waals surface area contributed by atoms with Crippen molar-refractivity contribution in [3.8, 4) is 0 Å². The highest BCUT2D eigenvalue weighted by atomic mass is 19.3. The fourth-order valence-corrected chi connectivity index (χ4v) is 3.32. The summed E-state index contributed by atoms with van der Waals surface area (Å²) in [4.78, 5) is 14.4. The third kappa shape index (κ3) is 3.90. The van der Waals surface area contributed by atoms with Crippen LogP contribution in [-0.2, 0) is 4.79 Å². The number of carbonyl (C=O) groups is 1. The summed E-state index contributed by atoms with van der Waals surface area (Å²) in [6.07, 6.45) is 1.81. The zero-order valence-electron chi connectivity index (χ0n) is 13.3. The predicted molar refractivity (Wildman–Crippen MR) is 81.4 cm³/mol. The van der Waals surface area contributed by atoms with Crippen molar-refractivity contribution in [2.45, 2.75) is 44.2 Å². The van der Waals surface area contributed by atoms with Crippen LogP contribution in [0.2, 0.25) is 0 Å². The van der Waals surface area contributed by atoms with Crippen molar-refractivity contribution in [1.29, 1.82) is 0 Å². The van der Waals surface area contributed by atoms with Gasteiger partial charge in [0.25, 0.3) is 5.92 Å². The van der Waals surface area contributed by atoms with Gasteiger partial charge in [0.05, 0.1) is 18.6 Å². The Morgan fingerprint density at radius 3 is 2.78 bits per heavy atom. The maximum atomic E-state index is 13.2. The lowest BCUT2D eigenvalue weighted by atomic mass is 10.1. The summed E-state index contributed by atoms with van der Waals surface area (Å²) in [6.45, 7) is 3.74. The molecule has 2 aliphatic rings. The minimum absolute atomic E-state index is 0.0444. The number of hydrogen-bond acceptors (Lipinski definition) is 4. The van der Waals surface area contributed by atoms with E-state index in [9.17, 15) is 13.6 Å². The monoisotopic (exact) mass is 327 g/mol. The van der Waals surface area contributed by atoms with E-state index in [4.69, 9.17) is 4.42 Å². The van der Waals surface area contributed by atoms with E-state index in [2.05, 4.69) is 15.5 Å². The lowest BCUT2D eigenvalue weighted by Gasteiger charge is -2.26. The number of nitrogens with zero attached hydrogens (tertiary/aromatic N) is 1. The van der Waals surface area contributed by atoms with E-state index < -0.39 is 24.9 Å². The SMILES string of the molecule is Cc1ccc(C(CNC(=O)C2CC(F)(F)CN2)N2CCCC2)o1. The number of alkyl halides is 2. The summed E-state index contributed by atoms with van der Waals surface area (Å²) in [6, 6.07) is 2.96. The van der Waals surface area contributed by atoms with Gasteiger partial charge < -0.3 is 9.73 Å². The first-order valence-electron chi connectivity index (χ1n) is 8.14. The van der Waals surface area contributed by atoms with Gasteiger partial charge in [-0.3, -0.25) is 15.0 Å². The predicted octanol–water partition coefficient (Wildman–Crippen LogP) is 1.84. The Kier molecular flexibility index (Phi) is 4.68. The number of likely N-dealkylation sites (tertiary alicyclic amines) is 1. The summed E-state index contributed by atoms with van der Waals surface area (Å²) < 4.78 is 32.1. The molecule has 23 heavy (non-hydrogen) atoms. The largest absolute Gasteiger partial charge is 0.465 e. The fraction of sp³-hybridized carbons (Fsp3) is 0.688. The first-order valence-corrected chi connectivity index (χ1v) is 8.14. The molecule has 0 bridgehead atoms. The normalized spacial score (nSPS) is 25.6. The van der Waals surface area contributed by atoms with Crippen LogP contribution in [0.5, 0.6) is 0 Å². The first-order chi connectivity index (χ1) is 10.9. The van der Waals surface area contributed by atoms with E-state index in [1.807, 2.05) is 19.1 Å². The molecule has 2 unspecified atom stereocenters. The Morgan fingerprint density at radius 2 is 2.22 bits per heavy atom. The van der Waals surface area contributed by atoms with Gasteiger partial charge in [-0.2, -0.15) is 0 Å². The second-order valence-corrected chi connectivity index (χ2v) is 6.45. The quantitative estimate of drug-likeness (QED) is 0.866. The summed E-state index contributed by atoms with van der Waals surface area (Å²) in [5.74, 6) is -1.52. The summed E-state index contributed by atoms with van der Waals surface area (Å²) in [5, 5.41) is 5.40. The van der Waals surface area contributed by atoms with Crippen molar-refractivity contribution in [2.75, 3.05) is 26.2 Å². The van der Waals surface area contributed by atoms with E-state index in [0.717, 1.165) is 37.5 Å². The van der Waals surface area contributed by atoms with Crippen molar-refractivity contribution in [1.82, 2.24) is 15.5 Å². The van der Waals surface area contributed by atoms with Crippen LogP contribution in [0.15, 0.2) is 16.5 Å². The Bertz CT molecular complexity index is 555. The number of aryl methyl sites for hydroxylation is 1. The molecule has 0 aliphatic carbocycles. The van der Waals surface area contributed by atoms with Crippen LogP contribution < -0.4 is 10.6 Å². The highest BCUT2D eigenvalue weighted by molar-refractivity contribution is 5.82. The molecular weight excluding hydrogens is 304 g/mol. The van der Waals surface area contributed by atoms with Crippen LogP contribution in [0.25, 0.3) is 0 Å². The fourth-order valence-electron chi connectivity index (χ4n) is 3.32. The number of nitrogens with one attached hydrogen (secondary N) is 2. The molecule has 0 spiro atoms. The van der Waals surface area contributed by atoms with Crippen molar-refractivity contribution >= 4 is 5.91 Å². The van der Waals surface area contributed by atoms with Gasteiger partial charge in [-0.1, -0.05) is 0 Å². The van der Waals surface area contributed by atoms with E-state index >= 15 is 0 Å². The zero-order valence-corrected chi connectivity index (χ0v) is 13.3. The van der Waals surface area contributed by atoms with E-state index in [1.165, 1.54) is 0 Å². The van der Waals surface area contributed by atoms with Crippen LogP contribution in [-0.4, -0.2) is 49.0 Å². The van der Waals surface area contributed by atoms with Gasteiger partial charge in [-0.15, -0.1) is 0 Å². The number of hydrogen-bond donors (Lipinski definition) is 2. The maximum absolute atomic E-state index is 13.2. The molecule has 2 N–H and O–H groups in total. The molecule has 5 nitrogen and oxygen atoms in total. The molecule has 1 amide bonds. The Balaban J connectivity index is 1.61. The van der Waals surface area contributed by atoms with E-state index in [0.29, 0.717) is 6.54 Å². The van der Waals surface area contributed by atoms with Gasteiger partial charge in [-0.25, -0.2) is 8.78 Å². The molecule has 2 aliphatic heterocycles. The highest BCUT2D eigenvalue weighted by Gasteiger charge is 2.42. The van der Waals surface area contributed by atoms with Crippen LogP contribution in [0.4, 0.5) is 8.78 Å².